The fourth-order valence-corrected chi connectivity index (χ4v) is 3.07. The molecule has 3 heteroatoms. The van der Waals surface area contributed by atoms with Crippen molar-refractivity contribution in [3.05, 3.63) is 34.5 Å². The summed E-state index contributed by atoms with van der Waals surface area (Å²) in [5, 5.41) is 10.7. The van der Waals surface area contributed by atoms with Gasteiger partial charge in [-0.15, -0.1) is 0 Å². The van der Waals surface area contributed by atoms with Gasteiger partial charge in [-0.3, -0.25) is 0 Å². The van der Waals surface area contributed by atoms with Gasteiger partial charge in [0.15, 0.2) is 0 Å². The minimum atomic E-state index is -0.833. The van der Waals surface area contributed by atoms with E-state index in [1.165, 1.54) is 11.3 Å². The summed E-state index contributed by atoms with van der Waals surface area (Å²) in [4.78, 5) is 11.6. The largest absolute Gasteiger partial charge is 0.478 e. The maximum absolute atomic E-state index is 11.6. The van der Waals surface area contributed by atoms with E-state index in [0.29, 0.717) is 5.56 Å². The third kappa shape index (κ3) is 2.21. The summed E-state index contributed by atoms with van der Waals surface area (Å²) in [6.07, 6.45) is 2.93. The Hall–Kier alpha value is -1.77. The zero-order chi connectivity index (χ0) is 14.9. The summed E-state index contributed by atoms with van der Waals surface area (Å²) in [6.45, 7) is 9.21. The van der Waals surface area contributed by atoms with Crippen LogP contribution in [0.15, 0.2) is 12.1 Å². The van der Waals surface area contributed by atoms with E-state index in [-0.39, 0.29) is 0 Å². The van der Waals surface area contributed by atoms with Gasteiger partial charge in [-0.2, -0.15) is 0 Å². The van der Waals surface area contributed by atoms with E-state index in [9.17, 15) is 9.90 Å². The summed E-state index contributed by atoms with van der Waals surface area (Å²) in [5.74, 6) is -0.833. The van der Waals surface area contributed by atoms with Gasteiger partial charge in [-0.1, -0.05) is 20.3 Å². The summed E-state index contributed by atoms with van der Waals surface area (Å²) < 4.78 is 2.14. The van der Waals surface area contributed by atoms with E-state index in [2.05, 4.69) is 38.3 Å². The maximum Gasteiger partial charge on any atom is 0.337 e. The van der Waals surface area contributed by atoms with E-state index < -0.39 is 5.97 Å². The predicted molar refractivity (Wildman–Crippen MR) is 82.7 cm³/mol. The highest BCUT2D eigenvalue weighted by Gasteiger charge is 2.19. The zero-order valence-corrected chi connectivity index (χ0v) is 12.8. The number of carbonyl (C=O) groups is 1. The Labute approximate surface area is 120 Å². The first-order valence-electron chi connectivity index (χ1n) is 7.42. The highest BCUT2D eigenvalue weighted by atomic mass is 16.4. The molecule has 3 nitrogen and oxygen atoms in total. The highest BCUT2D eigenvalue weighted by molar-refractivity contribution is 6.04. The van der Waals surface area contributed by atoms with Gasteiger partial charge >= 0.3 is 5.97 Å². The Morgan fingerprint density at radius 2 is 1.95 bits per heavy atom. The lowest BCUT2D eigenvalue weighted by Crippen LogP contribution is -2.04. The molecular weight excluding hydrogens is 250 g/mol. The Bertz CT molecular complexity index is 653. The van der Waals surface area contributed by atoms with E-state index in [0.717, 1.165) is 42.3 Å². The van der Waals surface area contributed by atoms with E-state index in [1.54, 1.807) is 0 Å². The van der Waals surface area contributed by atoms with Crippen molar-refractivity contribution in [1.82, 2.24) is 4.57 Å². The topological polar surface area (TPSA) is 42.2 Å². The van der Waals surface area contributed by atoms with Crippen molar-refractivity contribution in [3.63, 3.8) is 0 Å². The van der Waals surface area contributed by atoms with Crippen molar-refractivity contribution in [1.29, 1.82) is 0 Å². The lowest BCUT2D eigenvalue weighted by molar-refractivity contribution is 0.0698. The lowest BCUT2D eigenvalue weighted by Gasteiger charge is -2.08. The van der Waals surface area contributed by atoms with Crippen LogP contribution >= 0.6 is 0 Å². The average molecular weight is 273 g/mol. The summed E-state index contributed by atoms with van der Waals surface area (Å²) >= 11 is 0. The Kier molecular flexibility index (Phi) is 4.17. The van der Waals surface area contributed by atoms with Crippen LogP contribution in [0, 0.1) is 6.92 Å². The molecular formula is C17H23NO2. The second-order valence-electron chi connectivity index (χ2n) is 5.26. The number of hydrogen-bond acceptors (Lipinski definition) is 1. The number of carboxylic acids is 1. The smallest absolute Gasteiger partial charge is 0.337 e. The number of rotatable bonds is 5. The average Bonchev–Trinajstić information content (AvgIpc) is 2.70. The van der Waals surface area contributed by atoms with Gasteiger partial charge in [0.25, 0.3) is 0 Å². The molecule has 2 aromatic rings. The fourth-order valence-electron chi connectivity index (χ4n) is 3.07. The molecule has 1 aromatic carbocycles. The highest BCUT2D eigenvalue weighted by Crippen LogP contribution is 2.31. The van der Waals surface area contributed by atoms with Crippen molar-refractivity contribution in [2.24, 2.45) is 0 Å². The quantitative estimate of drug-likeness (QED) is 0.887. The number of aromatic carboxylic acids is 1. The Morgan fingerprint density at radius 1 is 1.25 bits per heavy atom. The molecule has 0 radical (unpaired) electrons. The standard InChI is InChI=1S/C17H23NO2/c1-5-8-13-11(4)18(7-3)16-14(13)9-12(6-2)10-15(16)17(19)20/h9-10H,5-8H2,1-4H3,(H,19,20). The van der Waals surface area contributed by atoms with Gasteiger partial charge in [0.2, 0.25) is 0 Å². The third-order valence-corrected chi connectivity index (χ3v) is 4.06. The van der Waals surface area contributed by atoms with Crippen LogP contribution in [0.4, 0.5) is 0 Å². The van der Waals surface area contributed by atoms with Crippen LogP contribution in [0.5, 0.6) is 0 Å². The number of carboxylic acid groups (broad SMARTS) is 1. The van der Waals surface area contributed by atoms with Gasteiger partial charge in [-0.05, 0) is 49.9 Å². The monoisotopic (exact) mass is 273 g/mol. The molecule has 0 saturated heterocycles. The van der Waals surface area contributed by atoms with E-state index in [4.69, 9.17) is 0 Å². The number of aromatic nitrogens is 1. The normalized spacial score (nSPS) is 11.2. The van der Waals surface area contributed by atoms with Crippen molar-refractivity contribution in [2.45, 2.75) is 53.5 Å². The molecule has 0 bridgehead atoms. The van der Waals surface area contributed by atoms with E-state index >= 15 is 0 Å². The van der Waals surface area contributed by atoms with Crippen LogP contribution in [-0.2, 0) is 19.4 Å². The molecule has 1 heterocycles. The number of aryl methyl sites for hydroxylation is 3. The van der Waals surface area contributed by atoms with Crippen LogP contribution < -0.4 is 0 Å². The first-order chi connectivity index (χ1) is 9.54. The van der Waals surface area contributed by atoms with Crippen LogP contribution in [0.25, 0.3) is 10.9 Å². The molecule has 108 valence electrons. The number of hydrogen-bond donors (Lipinski definition) is 1. The molecule has 0 spiro atoms. The fraction of sp³-hybridized carbons (Fsp3) is 0.471. The maximum atomic E-state index is 11.6. The van der Waals surface area contributed by atoms with Crippen LogP contribution in [0.1, 0.15) is 54.4 Å². The van der Waals surface area contributed by atoms with Crippen LogP contribution in [0.2, 0.25) is 0 Å². The molecule has 0 atom stereocenters. The minimum absolute atomic E-state index is 0.437. The predicted octanol–water partition coefficient (Wildman–Crippen LogP) is 4.18. The molecule has 1 aromatic heterocycles. The molecule has 0 saturated carbocycles. The molecule has 20 heavy (non-hydrogen) atoms. The van der Waals surface area contributed by atoms with Crippen molar-refractivity contribution in [2.75, 3.05) is 0 Å². The van der Waals surface area contributed by atoms with Crippen molar-refractivity contribution >= 4 is 16.9 Å². The molecule has 2 rings (SSSR count). The van der Waals surface area contributed by atoms with Crippen LogP contribution in [-0.4, -0.2) is 15.6 Å². The summed E-state index contributed by atoms with van der Waals surface area (Å²) in [7, 11) is 0. The molecule has 0 fully saturated rings. The number of nitrogens with zero attached hydrogens (tertiary/aromatic N) is 1. The Morgan fingerprint density at radius 3 is 2.45 bits per heavy atom. The SMILES string of the molecule is CCCc1c(C)n(CC)c2c(C(=O)O)cc(CC)cc12. The van der Waals surface area contributed by atoms with Gasteiger partial charge in [0.05, 0.1) is 11.1 Å². The van der Waals surface area contributed by atoms with Crippen molar-refractivity contribution < 1.29 is 9.90 Å². The van der Waals surface area contributed by atoms with Gasteiger partial charge in [-0.25, -0.2) is 4.79 Å². The van der Waals surface area contributed by atoms with Crippen LogP contribution in [0.3, 0.4) is 0 Å². The first-order valence-corrected chi connectivity index (χ1v) is 7.42. The molecule has 0 aliphatic carbocycles. The van der Waals surface area contributed by atoms with E-state index in [1.807, 2.05) is 6.07 Å². The van der Waals surface area contributed by atoms with Crippen molar-refractivity contribution in [3.8, 4) is 0 Å². The van der Waals surface area contributed by atoms with Gasteiger partial charge in [0, 0.05) is 17.6 Å². The Balaban J connectivity index is 2.91. The number of benzene rings is 1. The number of fused-ring (bicyclic) bond motifs is 1. The molecule has 0 aliphatic heterocycles. The molecule has 0 amide bonds. The third-order valence-electron chi connectivity index (χ3n) is 4.06. The van der Waals surface area contributed by atoms with Gasteiger partial charge < -0.3 is 9.67 Å². The second-order valence-corrected chi connectivity index (χ2v) is 5.26. The molecule has 1 N–H and O–H groups in total. The zero-order valence-electron chi connectivity index (χ0n) is 12.8. The minimum Gasteiger partial charge on any atom is -0.478 e. The molecule has 0 unspecified atom stereocenters. The molecule has 0 aliphatic rings. The van der Waals surface area contributed by atoms with Gasteiger partial charge in [0.1, 0.15) is 0 Å². The summed E-state index contributed by atoms with van der Waals surface area (Å²) in [6, 6.07) is 4.00. The first kappa shape index (κ1) is 14.6. The second kappa shape index (κ2) is 5.70. The summed E-state index contributed by atoms with van der Waals surface area (Å²) in [5.41, 5.74) is 4.94. The lowest BCUT2D eigenvalue weighted by atomic mass is 10.00.